The van der Waals surface area contributed by atoms with E-state index in [1.807, 2.05) is 0 Å². The molecular weight excluding hydrogens is 314 g/mol. The van der Waals surface area contributed by atoms with Crippen LogP contribution in [-0.2, 0) is 11.2 Å². The van der Waals surface area contributed by atoms with E-state index in [9.17, 15) is 0 Å². The SMILES string of the molecule is CCC1OC1C(C)Cc1c(Cl)c(Cl)cc(Cl)c1Cl. The number of rotatable bonds is 4. The van der Waals surface area contributed by atoms with Crippen LogP contribution < -0.4 is 0 Å². The van der Waals surface area contributed by atoms with Crippen LogP contribution in [0.5, 0.6) is 0 Å². The van der Waals surface area contributed by atoms with Gasteiger partial charge in [0.05, 0.1) is 32.3 Å². The zero-order chi connectivity index (χ0) is 13.4. The van der Waals surface area contributed by atoms with E-state index in [-0.39, 0.29) is 0 Å². The number of hydrogen-bond acceptors (Lipinski definition) is 1. The molecular formula is C13H14Cl4O. The highest BCUT2D eigenvalue weighted by Crippen LogP contribution is 2.41. The van der Waals surface area contributed by atoms with Gasteiger partial charge in [-0.1, -0.05) is 60.3 Å². The van der Waals surface area contributed by atoms with Crippen molar-refractivity contribution in [2.45, 2.75) is 38.9 Å². The fraction of sp³-hybridized carbons (Fsp3) is 0.538. The van der Waals surface area contributed by atoms with Gasteiger partial charge in [-0.15, -0.1) is 0 Å². The van der Waals surface area contributed by atoms with Gasteiger partial charge in [-0.25, -0.2) is 0 Å². The van der Waals surface area contributed by atoms with E-state index in [1.54, 1.807) is 6.07 Å². The van der Waals surface area contributed by atoms with Crippen molar-refractivity contribution < 1.29 is 4.74 Å². The second-order valence-electron chi connectivity index (χ2n) is 4.68. The van der Waals surface area contributed by atoms with Gasteiger partial charge in [-0.05, 0) is 30.4 Å². The third-order valence-electron chi connectivity index (χ3n) is 3.31. The highest BCUT2D eigenvalue weighted by Gasteiger charge is 2.41. The Kier molecular flexibility index (Phi) is 4.72. The van der Waals surface area contributed by atoms with Crippen LogP contribution in [-0.4, -0.2) is 12.2 Å². The Labute approximate surface area is 127 Å². The Morgan fingerprint density at radius 1 is 1.17 bits per heavy atom. The highest BCUT2D eigenvalue weighted by molar-refractivity contribution is 6.48. The van der Waals surface area contributed by atoms with Crippen LogP contribution in [0.4, 0.5) is 0 Å². The third-order valence-corrected chi connectivity index (χ3v) is 4.97. The lowest BCUT2D eigenvalue weighted by molar-refractivity contribution is 0.322. The molecule has 0 N–H and O–H groups in total. The van der Waals surface area contributed by atoms with Crippen LogP contribution >= 0.6 is 46.4 Å². The van der Waals surface area contributed by atoms with Gasteiger partial charge in [0.1, 0.15) is 0 Å². The second kappa shape index (κ2) is 5.76. The highest BCUT2D eigenvalue weighted by atomic mass is 35.5. The molecule has 1 aliphatic heterocycles. The fourth-order valence-corrected chi connectivity index (χ4v) is 3.23. The van der Waals surface area contributed by atoms with Crippen molar-refractivity contribution in [2.24, 2.45) is 5.92 Å². The summed E-state index contributed by atoms with van der Waals surface area (Å²) in [6.07, 6.45) is 2.42. The lowest BCUT2D eigenvalue weighted by Gasteiger charge is -2.14. The van der Waals surface area contributed by atoms with Gasteiger partial charge in [0, 0.05) is 0 Å². The minimum absolute atomic E-state index is 0.292. The van der Waals surface area contributed by atoms with Crippen molar-refractivity contribution in [3.05, 3.63) is 31.7 Å². The first kappa shape index (κ1) is 14.7. The van der Waals surface area contributed by atoms with Crippen LogP contribution in [0.15, 0.2) is 6.07 Å². The van der Waals surface area contributed by atoms with E-state index in [2.05, 4.69) is 13.8 Å². The lowest BCUT2D eigenvalue weighted by atomic mass is 9.95. The molecule has 1 aliphatic rings. The molecule has 0 spiro atoms. The van der Waals surface area contributed by atoms with E-state index in [1.165, 1.54) is 0 Å². The molecule has 0 aromatic heterocycles. The van der Waals surface area contributed by atoms with Gasteiger partial charge in [0.15, 0.2) is 0 Å². The second-order valence-corrected chi connectivity index (χ2v) is 6.25. The number of epoxide rings is 1. The van der Waals surface area contributed by atoms with E-state index in [0.29, 0.717) is 38.2 Å². The first-order valence-corrected chi connectivity index (χ1v) is 7.44. The predicted octanol–water partition coefficient (Wildman–Crippen LogP) is 5.66. The van der Waals surface area contributed by atoms with Crippen molar-refractivity contribution in [2.75, 3.05) is 0 Å². The molecule has 0 radical (unpaired) electrons. The average molecular weight is 328 g/mol. The molecule has 0 bridgehead atoms. The largest absolute Gasteiger partial charge is 0.369 e. The molecule has 3 atom stereocenters. The van der Waals surface area contributed by atoms with Crippen LogP contribution in [0.25, 0.3) is 0 Å². The summed E-state index contributed by atoms with van der Waals surface area (Å²) in [5.74, 6) is 0.347. The maximum atomic E-state index is 6.19. The molecule has 100 valence electrons. The molecule has 1 fully saturated rings. The van der Waals surface area contributed by atoms with E-state index < -0.39 is 0 Å². The quantitative estimate of drug-likeness (QED) is 0.513. The number of ether oxygens (including phenoxy) is 1. The Morgan fingerprint density at radius 2 is 1.72 bits per heavy atom. The molecule has 18 heavy (non-hydrogen) atoms. The molecule has 1 nitrogen and oxygen atoms in total. The first-order valence-electron chi connectivity index (χ1n) is 5.93. The number of benzene rings is 1. The standard InChI is InChI=1S/C13H14Cl4O/c1-3-10-13(18-10)6(2)4-7-11(16)8(14)5-9(15)12(7)17/h5-6,10,13H,3-4H2,1-2H3. The van der Waals surface area contributed by atoms with Crippen molar-refractivity contribution in [3.8, 4) is 0 Å². The van der Waals surface area contributed by atoms with Crippen molar-refractivity contribution >= 4 is 46.4 Å². The molecule has 3 unspecified atom stereocenters. The Balaban J connectivity index is 2.19. The maximum absolute atomic E-state index is 6.19. The number of halogens is 4. The van der Waals surface area contributed by atoms with Crippen LogP contribution in [0.3, 0.4) is 0 Å². The summed E-state index contributed by atoms with van der Waals surface area (Å²) in [7, 11) is 0. The summed E-state index contributed by atoms with van der Waals surface area (Å²) in [6.45, 7) is 4.25. The summed E-state index contributed by atoms with van der Waals surface area (Å²) in [6, 6.07) is 1.57. The maximum Gasteiger partial charge on any atom is 0.0870 e. The predicted molar refractivity (Wildman–Crippen MR) is 78.3 cm³/mol. The molecule has 5 heteroatoms. The Hall–Kier alpha value is 0.340. The molecule has 1 aromatic carbocycles. The molecule has 0 saturated carbocycles. The molecule has 1 saturated heterocycles. The monoisotopic (exact) mass is 326 g/mol. The number of hydrogen-bond donors (Lipinski definition) is 0. The summed E-state index contributed by atoms with van der Waals surface area (Å²) in [4.78, 5) is 0. The summed E-state index contributed by atoms with van der Waals surface area (Å²) < 4.78 is 5.59. The van der Waals surface area contributed by atoms with Gasteiger partial charge in [-0.2, -0.15) is 0 Å². The van der Waals surface area contributed by atoms with Crippen molar-refractivity contribution in [1.29, 1.82) is 0 Å². The fourth-order valence-electron chi connectivity index (χ4n) is 2.23. The zero-order valence-electron chi connectivity index (χ0n) is 10.1. The van der Waals surface area contributed by atoms with Gasteiger partial charge in [0.25, 0.3) is 0 Å². The topological polar surface area (TPSA) is 12.5 Å². The van der Waals surface area contributed by atoms with Gasteiger partial charge < -0.3 is 4.74 Å². The Bertz CT molecular complexity index is 435. The molecule has 0 aliphatic carbocycles. The first-order chi connectivity index (χ1) is 8.45. The smallest absolute Gasteiger partial charge is 0.0870 e. The Morgan fingerprint density at radius 3 is 2.17 bits per heavy atom. The molecule has 2 rings (SSSR count). The van der Waals surface area contributed by atoms with Gasteiger partial charge in [-0.3, -0.25) is 0 Å². The van der Waals surface area contributed by atoms with Crippen LogP contribution in [0.1, 0.15) is 25.8 Å². The zero-order valence-corrected chi connectivity index (χ0v) is 13.2. The molecule has 0 amide bonds. The normalized spacial score (nSPS) is 24.1. The summed E-state index contributed by atoms with van der Waals surface area (Å²) in [5, 5.41) is 1.87. The average Bonchev–Trinajstić information content (AvgIpc) is 3.11. The summed E-state index contributed by atoms with van der Waals surface area (Å²) in [5.41, 5.74) is 0.814. The minimum atomic E-state index is 0.292. The molecule has 1 aromatic rings. The third kappa shape index (κ3) is 2.91. The summed E-state index contributed by atoms with van der Waals surface area (Å²) >= 11 is 24.4. The van der Waals surface area contributed by atoms with Gasteiger partial charge in [0.2, 0.25) is 0 Å². The van der Waals surface area contributed by atoms with E-state index >= 15 is 0 Å². The molecule has 1 heterocycles. The lowest BCUT2D eigenvalue weighted by Crippen LogP contribution is -2.10. The van der Waals surface area contributed by atoms with E-state index in [0.717, 1.165) is 18.4 Å². The van der Waals surface area contributed by atoms with Crippen molar-refractivity contribution in [1.82, 2.24) is 0 Å². The van der Waals surface area contributed by atoms with Crippen molar-refractivity contribution in [3.63, 3.8) is 0 Å². The van der Waals surface area contributed by atoms with Crippen LogP contribution in [0, 0.1) is 5.92 Å². The van der Waals surface area contributed by atoms with Gasteiger partial charge >= 0.3 is 0 Å². The van der Waals surface area contributed by atoms with Crippen LogP contribution in [0.2, 0.25) is 20.1 Å². The van der Waals surface area contributed by atoms with E-state index in [4.69, 9.17) is 51.1 Å². The minimum Gasteiger partial charge on any atom is -0.369 e.